The molecule has 2 amide bonds. The molecular formula is C24H40N2O2. The molecule has 1 aromatic carbocycles. The van der Waals surface area contributed by atoms with Gasteiger partial charge in [0.05, 0.1) is 6.61 Å². The number of amides is 2. The molecule has 28 heavy (non-hydrogen) atoms. The Labute approximate surface area is 172 Å². The molecule has 158 valence electrons. The standard InChI is InChI=1S/C24H40N2O2/c1-4-5-6-7-8-9-10-11-19-28-22-15-13-21(14-16-22)25-23(27)26-18-12-17-24(2,3)20-26/h13-16H,4-12,17-20H2,1-3H3,(H,25,27). The van der Waals surface area contributed by atoms with Crippen LogP contribution in [0.25, 0.3) is 0 Å². The van der Waals surface area contributed by atoms with Gasteiger partial charge in [-0.05, 0) is 48.9 Å². The number of ether oxygens (including phenoxy) is 1. The van der Waals surface area contributed by atoms with Gasteiger partial charge in [-0.25, -0.2) is 4.79 Å². The van der Waals surface area contributed by atoms with Gasteiger partial charge in [-0.2, -0.15) is 0 Å². The SMILES string of the molecule is CCCCCCCCCCOc1ccc(NC(=O)N2CCCC(C)(C)C2)cc1. The minimum absolute atomic E-state index is 0.000352. The molecule has 4 heteroatoms. The third-order valence-corrected chi connectivity index (χ3v) is 5.56. The van der Waals surface area contributed by atoms with Crippen LogP contribution in [-0.4, -0.2) is 30.6 Å². The summed E-state index contributed by atoms with van der Waals surface area (Å²) in [6.45, 7) is 9.14. The van der Waals surface area contributed by atoms with E-state index in [0.29, 0.717) is 0 Å². The van der Waals surface area contributed by atoms with Crippen molar-refractivity contribution in [3.63, 3.8) is 0 Å². The summed E-state index contributed by atoms with van der Waals surface area (Å²) in [5.41, 5.74) is 1.04. The van der Waals surface area contributed by atoms with Crippen LogP contribution in [0.1, 0.15) is 85.0 Å². The van der Waals surface area contributed by atoms with Crippen molar-refractivity contribution in [1.82, 2.24) is 4.90 Å². The highest BCUT2D eigenvalue weighted by molar-refractivity contribution is 5.89. The van der Waals surface area contributed by atoms with Crippen LogP contribution < -0.4 is 10.1 Å². The molecule has 1 saturated heterocycles. The molecule has 1 N–H and O–H groups in total. The van der Waals surface area contributed by atoms with Crippen LogP contribution >= 0.6 is 0 Å². The van der Waals surface area contributed by atoms with Crippen molar-refractivity contribution in [2.45, 2.75) is 85.0 Å². The topological polar surface area (TPSA) is 41.6 Å². The molecular weight excluding hydrogens is 348 g/mol. The Hall–Kier alpha value is -1.71. The molecule has 0 unspecified atom stereocenters. The highest BCUT2D eigenvalue weighted by Gasteiger charge is 2.29. The van der Waals surface area contributed by atoms with Crippen LogP contribution in [0.15, 0.2) is 24.3 Å². The predicted octanol–water partition coefficient (Wildman–Crippen LogP) is 6.86. The number of hydrogen-bond donors (Lipinski definition) is 1. The lowest BCUT2D eigenvalue weighted by Crippen LogP contribution is -2.45. The van der Waals surface area contributed by atoms with Gasteiger partial charge in [0, 0.05) is 18.8 Å². The number of hydrogen-bond acceptors (Lipinski definition) is 2. The average molecular weight is 389 g/mol. The van der Waals surface area contributed by atoms with Gasteiger partial charge in [0.1, 0.15) is 5.75 Å². The largest absolute Gasteiger partial charge is 0.494 e. The first-order chi connectivity index (χ1) is 13.5. The summed E-state index contributed by atoms with van der Waals surface area (Å²) in [6.07, 6.45) is 12.7. The van der Waals surface area contributed by atoms with E-state index in [9.17, 15) is 4.79 Å². The van der Waals surface area contributed by atoms with E-state index >= 15 is 0 Å². The van der Waals surface area contributed by atoms with Crippen molar-refractivity contribution >= 4 is 11.7 Å². The summed E-state index contributed by atoms with van der Waals surface area (Å²) in [6, 6.07) is 7.74. The number of likely N-dealkylation sites (tertiary alicyclic amines) is 1. The lowest BCUT2D eigenvalue weighted by Gasteiger charge is -2.37. The number of piperidine rings is 1. The quantitative estimate of drug-likeness (QED) is 0.421. The van der Waals surface area contributed by atoms with E-state index in [4.69, 9.17) is 4.74 Å². The van der Waals surface area contributed by atoms with Gasteiger partial charge in [0.25, 0.3) is 0 Å². The number of anilines is 1. The zero-order chi connectivity index (χ0) is 20.2. The van der Waals surface area contributed by atoms with E-state index in [-0.39, 0.29) is 11.4 Å². The minimum atomic E-state index is 0.000352. The number of nitrogens with zero attached hydrogens (tertiary/aromatic N) is 1. The maximum absolute atomic E-state index is 12.5. The molecule has 1 aliphatic rings. The van der Waals surface area contributed by atoms with Crippen molar-refractivity contribution < 1.29 is 9.53 Å². The van der Waals surface area contributed by atoms with Crippen LogP contribution in [0.4, 0.5) is 10.5 Å². The maximum Gasteiger partial charge on any atom is 0.321 e. The normalized spacial score (nSPS) is 16.0. The summed E-state index contributed by atoms with van der Waals surface area (Å²) < 4.78 is 5.83. The summed E-state index contributed by atoms with van der Waals surface area (Å²) in [5.74, 6) is 0.875. The molecule has 0 aromatic heterocycles. The van der Waals surface area contributed by atoms with Crippen molar-refractivity contribution in [2.75, 3.05) is 25.0 Å². The van der Waals surface area contributed by atoms with Gasteiger partial charge < -0.3 is 15.0 Å². The molecule has 0 radical (unpaired) electrons. The van der Waals surface area contributed by atoms with Crippen molar-refractivity contribution in [3.05, 3.63) is 24.3 Å². The van der Waals surface area contributed by atoms with Crippen molar-refractivity contribution in [3.8, 4) is 5.75 Å². The second-order valence-corrected chi connectivity index (χ2v) is 8.97. The van der Waals surface area contributed by atoms with E-state index in [1.165, 1.54) is 51.4 Å². The zero-order valence-electron chi connectivity index (χ0n) is 18.3. The Balaban J connectivity index is 1.61. The van der Waals surface area contributed by atoms with Crippen molar-refractivity contribution in [1.29, 1.82) is 0 Å². The third kappa shape index (κ3) is 8.53. The van der Waals surface area contributed by atoms with Gasteiger partial charge in [-0.1, -0.05) is 65.7 Å². The summed E-state index contributed by atoms with van der Waals surface area (Å²) in [7, 11) is 0. The number of urea groups is 1. The molecule has 0 aliphatic carbocycles. The summed E-state index contributed by atoms with van der Waals surface area (Å²) >= 11 is 0. The van der Waals surface area contributed by atoms with Gasteiger partial charge in [0.2, 0.25) is 0 Å². The average Bonchev–Trinajstić information content (AvgIpc) is 2.67. The molecule has 0 spiro atoms. The van der Waals surface area contributed by atoms with E-state index < -0.39 is 0 Å². The van der Waals surface area contributed by atoms with E-state index in [0.717, 1.165) is 44.0 Å². The number of benzene rings is 1. The van der Waals surface area contributed by atoms with Crippen LogP contribution in [0, 0.1) is 5.41 Å². The molecule has 0 bridgehead atoms. The van der Waals surface area contributed by atoms with Crippen LogP contribution in [-0.2, 0) is 0 Å². The van der Waals surface area contributed by atoms with Gasteiger partial charge in [0.15, 0.2) is 0 Å². The first-order valence-electron chi connectivity index (χ1n) is 11.3. The molecule has 1 fully saturated rings. The summed E-state index contributed by atoms with van der Waals surface area (Å²) in [4.78, 5) is 14.4. The zero-order valence-corrected chi connectivity index (χ0v) is 18.3. The molecule has 2 rings (SSSR count). The van der Waals surface area contributed by atoms with Crippen molar-refractivity contribution in [2.24, 2.45) is 5.41 Å². The minimum Gasteiger partial charge on any atom is -0.494 e. The van der Waals surface area contributed by atoms with Crippen LogP contribution in [0.2, 0.25) is 0 Å². The Morgan fingerprint density at radius 2 is 1.68 bits per heavy atom. The number of carbonyl (C=O) groups is 1. The fraction of sp³-hybridized carbons (Fsp3) is 0.708. The second-order valence-electron chi connectivity index (χ2n) is 8.97. The molecule has 0 saturated carbocycles. The monoisotopic (exact) mass is 388 g/mol. The van der Waals surface area contributed by atoms with E-state index in [1.54, 1.807) is 0 Å². The highest BCUT2D eigenvalue weighted by atomic mass is 16.5. The predicted molar refractivity (Wildman–Crippen MR) is 118 cm³/mol. The number of rotatable bonds is 11. The van der Waals surface area contributed by atoms with Gasteiger partial charge in [-0.3, -0.25) is 0 Å². The smallest absolute Gasteiger partial charge is 0.321 e. The summed E-state index contributed by atoms with van der Waals surface area (Å²) in [5, 5.41) is 3.01. The Morgan fingerprint density at radius 1 is 1.04 bits per heavy atom. The molecule has 1 heterocycles. The molecule has 1 aliphatic heterocycles. The fourth-order valence-corrected chi connectivity index (χ4v) is 3.86. The van der Waals surface area contributed by atoms with Gasteiger partial charge in [-0.15, -0.1) is 0 Å². The first-order valence-corrected chi connectivity index (χ1v) is 11.3. The Kier molecular flexibility index (Phi) is 9.66. The lowest BCUT2D eigenvalue weighted by molar-refractivity contribution is 0.138. The molecule has 1 aromatic rings. The Bertz CT molecular complexity index is 568. The van der Waals surface area contributed by atoms with Gasteiger partial charge >= 0.3 is 6.03 Å². The van der Waals surface area contributed by atoms with E-state index in [1.807, 2.05) is 29.2 Å². The second kappa shape index (κ2) is 12.0. The number of unbranched alkanes of at least 4 members (excludes halogenated alkanes) is 7. The molecule has 4 nitrogen and oxygen atoms in total. The fourth-order valence-electron chi connectivity index (χ4n) is 3.86. The van der Waals surface area contributed by atoms with E-state index in [2.05, 4.69) is 26.1 Å². The van der Waals surface area contributed by atoms with Crippen LogP contribution in [0.3, 0.4) is 0 Å². The highest BCUT2D eigenvalue weighted by Crippen LogP contribution is 2.28. The third-order valence-electron chi connectivity index (χ3n) is 5.56. The van der Waals surface area contributed by atoms with Crippen LogP contribution in [0.5, 0.6) is 5.75 Å². The number of carbonyl (C=O) groups excluding carboxylic acids is 1. The maximum atomic E-state index is 12.5. The molecule has 0 atom stereocenters. The first kappa shape index (κ1) is 22.6. The lowest BCUT2D eigenvalue weighted by atomic mass is 9.84. The Morgan fingerprint density at radius 3 is 2.32 bits per heavy atom. The number of nitrogens with one attached hydrogen (secondary N) is 1.